The van der Waals surface area contributed by atoms with E-state index in [1.807, 2.05) is 11.0 Å². The largest absolute Gasteiger partial charge is 0.376 e. The number of benzene rings is 2. The van der Waals surface area contributed by atoms with Crippen molar-refractivity contribution >= 4 is 5.91 Å². The minimum Gasteiger partial charge on any atom is -0.376 e. The zero-order chi connectivity index (χ0) is 19.1. The van der Waals surface area contributed by atoms with Crippen molar-refractivity contribution in [3.05, 3.63) is 59.2 Å². The number of piperidine rings is 1. The van der Waals surface area contributed by atoms with Gasteiger partial charge in [-0.05, 0) is 60.6 Å². The van der Waals surface area contributed by atoms with Crippen LogP contribution >= 0.6 is 0 Å². The molecular formula is C24H28N2O2. The van der Waals surface area contributed by atoms with Crippen LogP contribution in [0.2, 0.25) is 0 Å². The third kappa shape index (κ3) is 3.25. The lowest BCUT2D eigenvalue weighted by atomic mass is 9.99. The summed E-state index contributed by atoms with van der Waals surface area (Å²) in [7, 11) is 0. The Morgan fingerprint density at radius 3 is 2.61 bits per heavy atom. The van der Waals surface area contributed by atoms with Crippen LogP contribution in [0, 0.1) is 0 Å². The number of carbonyl (C=O) groups is 1. The molecule has 0 bridgehead atoms. The van der Waals surface area contributed by atoms with Crippen LogP contribution in [0.5, 0.6) is 0 Å². The number of ether oxygens (including phenoxy) is 1. The first-order valence-corrected chi connectivity index (χ1v) is 10.5. The zero-order valence-corrected chi connectivity index (χ0v) is 16.6. The van der Waals surface area contributed by atoms with Crippen LogP contribution in [0.25, 0.3) is 11.1 Å². The molecule has 4 heteroatoms. The van der Waals surface area contributed by atoms with Crippen LogP contribution < -0.4 is 0 Å². The SMILES string of the molecule is CC1CN(C2CCN(C(=O)c3ccc4c(c3)Cc3ccccc3-4)CC2)CCO1. The molecule has 2 aromatic carbocycles. The zero-order valence-electron chi connectivity index (χ0n) is 16.6. The topological polar surface area (TPSA) is 32.8 Å². The monoisotopic (exact) mass is 376 g/mol. The van der Waals surface area contributed by atoms with E-state index in [4.69, 9.17) is 4.74 Å². The molecule has 0 radical (unpaired) electrons. The molecule has 4 nitrogen and oxygen atoms in total. The summed E-state index contributed by atoms with van der Waals surface area (Å²) in [4.78, 5) is 17.7. The van der Waals surface area contributed by atoms with Crippen LogP contribution in [0.1, 0.15) is 41.3 Å². The number of hydrogen-bond donors (Lipinski definition) is 0. The number of rotatable bonds is 2. The van der Waals surface area contributed by atoms with Crippen LogP contribution in [0.4, 0.5) is 0 Å². The maximum atomic E-state index is 13.1. The van der Waals surface area contributed by atoms with Gasteiger partial charge < -0.3 is 9.64 Å². The highest BCUT2D eigenvalue weighted by molar-refractivity contribution is 5.95. The number of amides is 1. The van der Waals surface area contributed by atoms with E-state index in [2.05, 4.69) is 48.2 Å². The molecule has 1 unspecified atom stereocenters. The molecule has 3 aliphatic rings. The predicted molar refractivity (Wildman–Crippen MR) is 111 cm³/mol. The third-order valence-electron chi connectivity index (χ3n) is 6.58. The highest BCUT2D eigenvalue weighted by Gasteiger charge is 2.30. The van der Waals surface area contributed by atoms with Gasteiger partial charge in [0.2, 0.25) is 0 Å². The maximum Gasteiger partial charge on any atom is 0.253 e. The minimum atomic E-state index is 0.188. The predicted octanol–water partition coefficient (Wildman–Crippen LogP) is 3.58. The van der Waals surface area contributed by atoms with Gasteiger partial charge in [-0.25, -0.2) is 0 Å². The Hall–Kier alpha value is -2.17. The summed E-state index contributed by atoms with van der Waals surface area (Å²) < 4.78 is 5.67. The normalized spacial score (nSPS) is 22.8. The second-order valence-corrected chi connectivity index (χ2v) is 8.41. The first kappa shape index (κ1) is 17.9. The fraction of sp³-hybridized carbons (Fsp3) is 0.458. The number of nitrogens with zero attached hydrogens (tertiary/aromatic N) is 2. The Kier molecular flexibility index (Phi) is 4.69. The smallest absolute Gasteiger partial charge is 0.253 e. The summed E-state index contributed by atoms with van der Waals surface area (Å²) in [6, 6.07) is 15.4. The Bertz CT molecular complexity index is 886. The average molecular weight is 377 g/mol. The Morgan fingerprint density at radius 2 is 1.79 bits per heavy atom. The minimum absolute atomic E-state index is 0.188. The van der Waals surface area contributed by atoms with Gasteiger partial charge in [0.1, 0.15) is 0 Å². The van der Waals surface area contributed by atoms with Gasteiger partial charge in [0.25, 0.3) is 5.91 Å². The summed E-state index contributed by atoms with van der Waals surface area (Å²) in [6.45, 7) is 6.73. The van der Waals surface area contributed by atoms with Gasteiger partial charge in [0.15, 0.2) is 0 Å². The molecule has 2 aromatic rings. The lowest BCUT2D eigenvalue weighted by molar-refractivity contribution is -0.0423. The highest BCUT2D eigenvalue weighted by Crippen LogP contribution is 2.37. The molecule has 2 fully saturated rings. The fourth-order valence-corrected chi connectivity index (χ4v) is 5.07. The van der Waals surface area contributed by atoms with E-state index < -0.39 is 0 Å². The lowest BCUT2D eigenvalue weighted by Crippen LogP contribution is -2.51. The molecule has 146 valence electrons. The standard InChI is InChI=1S/C24H28N2O2/c1-17-16-26(12-13-28-17)21-8-10-25(11-9-21)24(27)19-6-7-23-20(15-19)14-18-4-2-3-5-22(18)23/h2-7,15,17,21H,8-14,16H2,1H3. The summed E-state index contributed by atoms with van der Waals surface area (Å²) in [5.74, 6) is 0.188. The lowest BCUT2D eigenvalue weighted by Gasteiger charge is -2.41. The number of morpholine rings is 1. The van der Waals surface area contributed by atoms with Gasteiger partial charge in [-0.1, -0.05) is 30.3 Å². The van der Waals surface area contributed by atoms with E-state index in [0.29, 0.717) is 12.1 Å². The Morgan fingerprint density at radius 1 is 1.00 bits per heavy atom. The van der Waals surface area contributed by atoms with Crippen molar-refractivity contribution < 1.29 is 9.53 Å². The number of likely N-dealkylation sites (tertiary alicyclic amines) is 1. The second kappa shape index (κ2) is 7.34. The molecule has 0 N–H and O–H groups in total. The van der Waals surface area contributed by atoms with Gasteiger partial charge in [-0.3, -0.25) is 9.69 Å². The van der Waals surface area contributed by atoms with Crippen LogP contribution in [0.3, 0.4) is 0 Å². The molecule has 1 amide bonds. The van der Waals surface area contributed by atoms with E-state index in [9.17, 15) is 4.79 Å². The Balaban J connectivity index is 1.25. The number of hydrogen-bond acceptors (Lipinski definition) is 3. The summed E-state index contributed by atoms with van der Waals surface area (Å²) in [6.07, 6.45) is 3.39. The van der Waals surface area contributed by atoms with E-state index in [1.54, 1.807) is 0 Å². The van der Waals surface area contributed by atoms with Gasteiger partial charge in [0.05, 0.1) is 12.7 Å². The van der Waals surface area contributed by atoms with Crippen molar-refractivity contribution in [1.82, 2.24) is 9.80 Å². The molecule has 28 heavy (non-hydrogen) atoms. The summed E-state index contributed by atoms with van der Waals surface area (Å²) in [5.41, 5.74) is 6.08. The maximum absolute atomic E-state index is 13.1. The van der Waals surface area contributed by atoms with Crippen LogP contribution in [0.15, 0.2) is 42.5 Å². The molecule has 0 saturated carbocycles. The van der Waals surface area contributed by atoms with Crippen molar-refractivity contribution in [2.24, 2.45) is 0 Å². The molecule has 5 rings (SSSR count). The third-order valence-corrected chi connectivity index (χ3v) is 6.58. The van der Waals surface area contributed by atoms with Crippen LogP contribution in [-0.2, 0) is 11.2 Å². The summed E-state index contributed by atoms with van der Waals surface area (Å²) >= 11 is 0. The van der Waals surface area contributed by atoms with Crippen molar-refractivity contribution in [1.29, 1.82) is 0 Å². The molecule has 2 saturated heterocycles. The van der Waals surface area contributed by atoms with E-state index in [-0.39, 0.29) is 5.91 Å². The van der Waals surface area contributed by atoms with Gasteiger partial charge >= 0.3 is 0 Å². The molecular weight excluding hydrogens is 348 g/mol. The molecule has 1 aliphatic carbocycles. The van der Waals surface area contributed by atoms with Crippen molar-refractivity contribution in [3.63, 3.8) is 0 Å². The molecule has 2 aliphatic heterocycles. The summed E-state index contributed by atoms with van der Waals surface area (Å²) in [5, 5.41) is 0. The molecule has 2 heterocycles. The Labute approximate surface area is 167 Å². The first-order chi connectivity index (χ1) is 13.7. The van der Waals surface area contributed by atoms with E-state index in [1.165, 1.54) is 22.3 Å². The van der Waals surface area contributed by atoms with E-state index in [0.717, 1.165) is 57.6 Å². The van der Waals surface area contributed by atoms with Gasteiger partial charge in [-0.2, -0.15) is 0 Å². The van der Waals surface area contributed by atoms with Crippen molar-refractivity contribution in [2.75, 3.05) is 32.8 Å². The van der Waals surface area contributed by atoms with Gasteiger partial charge in [-0.15, -0.1) is 0 Å². The molecule has 0 aromatic heterocycles. The van der Waals surface area contributed by atoms with Crippen molar-refractivity contribution in [3.8, 4) is 11.1 Å². The first-order valence-electron chi connectivity index (χ1n) is 10.5. The fourth-order valence-electron chi connectivity index (χ4n) is 5.07. The van der Waals surface area contributed by atoms with Crippen molar-refractivity contribution in [2.45, 2.75) is 38.3 Å². The highest BCUT2D eigenvalue weighted by atomic mass is 16.5. The van der Waals surface area contributed by atoms with Crippen LogP contribution in [-0.4, -0.2) is 60.6 Å². The molecule has 0 spiro atoms. The quantitative estimate of drug-likeness (QED) is 0.685. The molecule has 1 atom stereocenters. The van der Waals surface area contributed by atoms with Gasteiger partial charge in [0, 0.05) is 37.8 Å². The van der Waals surface area contributed by atoms with E-state index >= 15 is 0 Å². The second-order valence-electron chi connectivity index (χ2n) is 8.41. The number of fused-ring (bicyclic) bond motifs is 3. The average Bonchev–Trinajstić information content (AvgIpc) is 3.11. The number of carbonyl (C=O) groups excluding carboxylic acids is 1.